The summed E-state index contributed by atoms with van der Waals surface area (Å²) < 4.78 is 0. The predicted octanol–water partition coefficient (Wildman–Crippen LogP) is 2.68. The van der Waals surface area contributed by atoms with Gasteiger partial charge in [0.25, 0.3) is 0 Å². The molecule has 0 aliphatic rings. The zero-order valence-electron chi connectivity index (χ0n) is 12.6. The van der Waals surface area contributed by atoms with E-state index >= 15 is 0 Å². The Morgan fingerprint density at radius 1 is 1.19 bits per heavy atom. The van der Waals surface area contributed by atoms with Gasteiger partial charge in [0, 0.05) is 12.3 Å². The van der Waals surface area contributed by atoms with Gasteiger partial charge in [0.15, 0.2) is 0 Å². The zero-order valence-corrected chi connectivity index (χ0v) is 13.4. The van der Waals surface area contributed by atoms with Crippen molar-refractivity contribution in [1.82, 2.24) is 5.32 Å². The first kappa shape index (κ1) is 17.6. The highest BCUT2D eigenvalue weighted by Crippen LogP contribution is 2.31. The molecule has 0 radical (unpaired) electrons. The molecule has 0 spiro atoms. The van der Waals surface area contributed by atoms with Crippen LogP contribution in [-0.4, -0.2) is 35.0 Å². The van der Waals surface area contributed by atoms with Crippen molar-refractivity contribution in [2.75, 3.05) is 18.1 Å². The maximum absolute atomic E-state index is 12.6. The normalized spacial score (nSPS) is 11.1. The van der Waals surface area contributed by atoms with E-state index in [1.54, 1.807) is 0 Å². The van der Waals surface area contributed by atoms with Gasteiger partial charge in [0.1, 0.15) is 0 Å². The lowest BCUT2D eigenvalue weighted by molar-refractivity contribution is -0.134. The largest absolute Gasteiger partial charge is 0.481 e. The number of amides is 1. The fraction of sp³-hybridized carbons (Fsp3) is 0.500. The third-order valence-electron chi connectivity index (χ3n) is 3.73. The molecule has 5 heteroatoms. The van der Waals surface area contributed by atoms with Gasteiger partial charge in [-0.25, -0.2) is 0 Å². The molecule has 1 amide bonds. The van der Waals surface area contributed by atoms with Crippen LogP contribution in [0, 0.1) is 0 Å². The van der Waals surface area contributed by atoms with Gasteiger partial charge in [-0.15, -0.1) is 11.8 Å². The number of carboxylic acids is 1. The van der Waals surface area contributed by atoms with E-state index in [-0.39, 0.29) is 11.7 Å². The van der Waals surface area contributed by atoms with E-state index in [1.807, 2.05) is 44.2 Å². The Bertz CT molecular complexity index is 458. The summed E-state index contributed by atoms with van der Waals surface area (Å²) in [6, 6.07) is 9.83. The van der Waals surface area contributed by atoms with E-state index < -0.39 is 11.4 Å². The summed E-state index contributed by atoms with van der Waals surface area (Å²) in [6.07, 6.45) is 1.48. The number of aliphatic carboxylic acids is 1. The lowest BCUT2D eigenvalue weighted by Gasteiger charge is -2.31. The number of benzene rings is 1. The van der Waals surface area contributed by atoms with Crippen LogP contribution in [0.25, 0.3) is 0 Å². The molecular formula is C16H23NO3S. The molecular weight excluding hydrogens is 286 g/mol. The Morgan fingerprint density at radius 3 is 2.33 bits per heavy atom. The molecule has 0 aromatic heterocycles. The molecule has 0 heterocycles. The molecule has 0 saturated heterocycles. The van der Waals surface area contributed by atoms with Gasteiger partial charge in [0.2, 0.25) is 5.91 Å². The molecule has 4 nitrogen and oxygen atoms in total. The van der Waals surface area contributed by atoms with E-state index in [9.17, 15) is 9.59 Å². The minimum absolute atomic E-state index is 0.0228. The Kier molecular flexibility index (Phi) is 7.29. The number of carboxylic acid groups (broad SMARTS) is 1. The van der Waals surface area contributed by atoms with Crippen LogP contribution in [0.15, 0.2) is 30.3 Å². The van der Waals surface area contributed by atoms with Gasteiger partial charge >= 0.3 is 5.97 Å². The van der Waals surface area contributed by atoms with Crippen LogP contribution in [-0.2, 0) is 15.0 Å². The van der Waals surface area contributed by atoms with Crippen molar-refractivity contribution in [1.29, 1.82) is 0 Å². The van der Waals surface area contributed by atoms with Gasteiger partial charge in [0.05, 0.1) is 11.2 Å². The maximum atomic E-state index is 12.6. The van der Waals surface area contributed by atoms with Gasteiger partial charge in [-0.3, -0.25) is 9.59 Å². The van der Waals surface area contributed by atoms with Crippen LogP contribution < -0.4 is 5.32 Å². The minimum atomic E-state index is -0.827. The van der Waals surface area contributed by atoms with E-state index in [2.05, 4.69) is 5.32 Å². The van der Waals surface area contributed by atoms with Crippen LogP contribution >= 0.6 is 11.8 Å². The van der Waals surface area contributed by atoms with Crippen molar-refractivity contribution in [3.63, 3.8) is 0 Å². The van der Waals surface area contributed by atoms with Crippen LogP contribution in [0.1, 0.15) is 32.3 Å². The number of rotatable bonds is 9. The third kappa shape index (κ3) is 4.77. The molecule has 1 aromatic carbocycles. The molecule has 0 fully saturated rings. The summed E-state index contributed by atoms with van der Waals surface area (Å²) in [4.78, 5) is 23.0. The monoisotopic (exact) mass is 309 g/mol. The first-order valence-corrected chi connectivity index (χ1v) is 8.35. The van der Waals surface area contributed by atoms with E-state index in [1.165, 1.54) is 11.8 Å². The van der Waals surface area contributed by atoms with E-state index in [0.717, 1.165) is 18.4 Å². The summed E-state index contributed by atoms with van der Waals surface area (Å²) in [7, 11) is 0. The number of carbonyl (C=O) groups excluding carboxylic acids is 1. The summed E-state index contributed by atoms with van der Waals surface area (Å²) in [5.74, 6) is -0.126. The number of thioether (sulfide) groups is 1. The fourth-order valence-electron chi connectivity index (χ4n) is 2.43. The third-order valence-corrected chi connectivity index (χ3v) is 4.67. The number of nitrogens with one attached hydrogen (secondary N) is 1. The number of carbonyl (C=O) groups is 2. The van der Waals surface area contributed by atoms with Gasteiger partial charge in [-0.05, 0) is 18.4 Å². The molecule has 2 N–H and O–H groups in total. The first-order valence-electron chi connectivity index (χ1n) is 7.20. The van der Waals surface area contributed by atoms with Crippen molar-refractivity contribution in [2.45, 2.75) is 32.1 Å². The van der Waals surface area contributed by atoms with E-state index in [0.29, 0.717) is 12.3 Å². The molecule has 116 valence electrons. The highest BCUT2D eigenvalue weighted by molar-refractivity contribution is 7.99. The first-order chi connectivity index (χ1) is 10.1. The molecule has 1 rings (SSSR count). The highest BCUT2D eigenvalue weighted by atomic mass is 32.2. The van der Waals surface area contributed by atoms with Crippen molar-refractivity contribution < 1.29 is 14.7 Å². The van der Waals surface area contributed by atoms with Crippen molar-refractivity contribution in [3.05, 3.63) is 35.9 Å². The number of hydrogen-bond donors (Lipinski definition) is 2. The molecule has 0 aliphatic heterocycles. The summed E-state index contributed by atoms with van der Waals surface area (Å²) >= 11 is 1.31. The Morgan fingerprint density at radius 2 is 1.81 bits per heavy atom. The van der Waals surface area contributed by atoms with Gasteiger partial charge in [-0.1, -0.05) is 44.2 Å². The SMILES string of the molecule is CCC(CC)(C(=O)NCCSCC(=O)O)c1ccccc1. The zero-order chi connectivity index (χ0) is 15.7. The lowest BCUT2D eigenvalue weighted by atomic mass is 9.75. The summed E-state index contributed by atoms with van der Waals surface area (Å²) in [5, 5.41) is 11.5. The highest BCUT2D eigenvalue weighted by Gasteiger charge is 2.36. The molecule has 0 atom stereocenters. The van der Waals surface area contributed by atoms with Crippen LogP contribution in [0.3, 0.4) is 0 Å². The topological polar surface area (TPSA) is 66.4 Å². The molecule has 21 heavy (non-hydrogen) atoms. The second-order valence-corrected chi connectivity index (χ2v) is 5.96. The van der Waals surface area contributed by atoms with Gasteiger partial charge in [-0.2, -0.15) is 0 Å². The molecule has 0 aliphatic carbocycles. The molecule has 1 aromatic rings. The average molecular weight is 309 g/mol. The average Bonchev–Trinajstić information content (AvgIpc) is 2.49. The molecule has 0 saturated carbocycles. The summed E-state index contributed by atoms with van der Waals surface area (Å²) in [6.45, 7) is 4.54. The second-order valence-electron chi connectivity index (χ2n) is 4.86. The summed E-state index contributed by atoms with van der Waals surface area (Å²) in [5.41, 5.74) is 0.532. The predicted molar refractivity (Wildman–Crippen MR) is 86.7 cm³/mol. The Balaban J connectivity index is 2.64. The Hall–Kier alpha value is -1.49. The van der Waals surface area contributed by atoms with Gasteiger partial charge < -0.3 is 10.4 Å². The molecule has 0 bridgehead atoms. The minimum Gasteiger partial charge on any atom is -0.481 e. The number of hydrogen-bond acceptors (Lipinski definition) is 3. The van der Waals surface area contributed by atoms with Crippen LogP contribution in [0.4, 0.5) is 0 Å². The lowest BCUT2D eigenvalue weighted by Crippen LogP contribution is -2.44. The van der Waals surface area contributed by atoms with Crippen molar-refractivity contribution in [3.8, 4) is 0 Å². The smallest absolute Gasteiger partial charge is 0.313 e. The Labute approximate surface area is 130 Å². The standard InChI is InChI=1S/C16H23NO3S/c1-3-16(4-2,13-8-6-5-7-9-13)15(20)17-10-11-21-12-14(18)19/h5-9H,3-4,10-12H2,1-2H3,(H,17,20)(H,18,19). The van der Waals surface area contributed by atoms with Crippen molar-refractivity contribution >= 4 is 23.6 Å². The second kappa shape index (κ2) is 8.72. The fourth-order valence-corrected chi connectivity index (χ4v) is 3.00. The molecule has 0 unspecified atom stereocenters. The van der Waals surface area contributed by atoms with Crippen LogP contribution in [0.2, 0.25) is 0 Å². The van der Waals surface area contributed by atoms with E-state index in [4.69, 9.17) is 5.11 Å². The van der Waals surface area contributed by atoms with Crippen molar-refractivity contribution in [2.24, 2.45) is 0 Å². The quantitative estimate of drug-likeness (QED) is 0.688. The maximum Gasteiger partial charge on any atom is 0.313 e. The van der Waals surface area contributed by atoms with Crippen LogP contribution in [0.5, 0.6) is 0 Å².